The number of aromatic nitrogens is 2. The molecule has 0 atom stereocenters. The van der Waals surface area contributed by atoms with E-state index in [0.717, 1.165) is 21.8 Å². The van der Waals surface area contributed by atoms with E-state index in [0.29, 0.717) is 16.6 Å². The Hall–Kier alpha value is -3.52. The van der Waals surface area contributed by atoms with E-state index in [2.05, 4.69) is 20.5 Å². The van der Waals surface area contributed by atoms with Crippen molar-refractivity contribution in [2.75, 3.05) is 6.61 Å². The van der Waals surface area contributed by atoms with E-state index in [-0.39, 0.29) is 12.5 Å². The van der Waals surface area contributed by atoms with E-state index >= 15 is 0 Å². The van der Waals surface area contributed by atoms with Gasteiger partial charge in [0.2, 0.25) is 0 Å². The number of rotatable bonds is 7. The molecule has 0 aliphatic rings. The van der Waals surface area contributed by atoms with Gasteiger partial charge in [0, 0.05) is 0 Å². The number of furan rings is 1. The number of hydrogen-bond donors (Lipinski definition) is 2. The van der Waals surface area contributed by atoms with Crippen molar-refractivity contribution in [2.45, 2.75) is 17.2 Å². The Morgan fingerprint density at radius 3 is 2.86 bits per heavy atom. The quantitative estimate of drug-likeness (QED) is 0.355. The van der Waals surface area contributed by atoms with Gasteiger partial charge in [-0.25, -0.2) is 10.4 Å². The molecular weight excluding hydrogens is 388 g/mol. The van der Waals surface area contributed by atoms with Gasteiger partial charge >= 0.3 is 0 Å². The number of hydrazone groups is 1. The number of carbonyl (C=O) groups is 1. The van der Waals surface area contributed by atoms with E-state index < -0.39 is 0 Å². The second-order valence-corrected chi connectivity index (χ2v) is 7.21. The van der Waals surface area contributed by atoms with Gasteiger partial charge in [-0.2, -0.15) is 5.10 Å². The van der Waals surface area contributed by atoms with E-state index in [1.165, 1.54) is 18.0 Å². The number of fused-ring (bicyclic) bond motifs is 1. The number of benzene rings is 2. The van der Waals surface area contributed by atoms with Gasteiger partial charge in [0.15, 0.2) is 16.9 Å². The number of hydrogen-bond acceptors (Lipinski definition) is 6. The van der Waals surface area contributed by atoms with E-state index in [1.807, 2.05) is 61.5 Å². The van der Waals surface area contributed by atoms with Crippen molar-refractivity contribution in [1.29, 1.82) is 0 Å². The summed E-state index contributed by atoms with van der Waals surface area (Å²) in [4.78, 5) is 19.5. The topological polar surface area (TPSA) is 92.5 Å². The zero-order valence-electron chi connectivity index (χ0n) is 15.6. The second kappa shape index (κ2) is 8.66. The van der Waals surface area contributed by atoms with Crippen LogP contribution in [0.5, 0.6) is 5.75 Å². The monoisotopic (exact) mass is 406 g/mol. The molecule has 0 aliphatic heterocycles. The highest BCUT2D eigenvalue weighted by Gasteiger charge is 2.08. The number of imidazole rings is 1. The number of aromatic amines is 1. The molecule has 0 spiro atoms. The van der Waals surface area contributed by atoms with Crippen LogP contribution in [0.2, 0.25) is 0 Å². The van der Waals surface area contributed by atoms with Crippen molar-refractivity contribution < 1.29 is 13.9 Å². The minimum atomic E-state index is -0.356. The minimum absolute atomic E-state index is 0.119. The summed E-state index contributed by atoms with van der Waals surface area (Å²) in [5, 5.41) is 5.30. The average Bonchev–Trinajstić information content (AvgIpc) is 3.34. The van der Waals surface area contributed by atoms with Gasteiger partial charge in [-0.15, -0.1) is 0 Å². The smallest absolute Gasteiger partial charge is 0.277 e. The lowest BCUT2D eigenvalue weighted by Crippen LogP contribution is -2.24. The number of H-pyrrole nitrogens is 1. The normalized spacial score (nSPS) is 11.2. The zero-order chi connectivity index (χ0) is 20.1. The summed E-state index contributed by atoms with van der Waals surface area (Å²) in [5.41, 5.74) is 5.41. The van der Waals surface area contributed by atoms with Crippen LogP contribution in [-0.4, -0.2) is 28.7 Å². The first kappa shape index (κ1) is 18.8. The van der Waals surface area contributed by atoms with Crippen molar-refractivity contribution >= 4 is 34.9 Å². The van der Waals surface area contributed by atoms with Gasteiger partial charge in [0.1, 0.15) is 11.5 Å². The second-order valence-electron chi connectivity index (χ2n) is 6.21. The van der Waals surface area contributed by atoms with E-state index in [1.54, 1.807) is 6.07 Å². The van der Waals surface area contributed by atoms with Crippen LogP contribution in [-0.2, 0) is 4.79 Å². The first-order valence-electron chi connectivity index (χ1n) is 8.89. The van der Waals surface area contributed by atoms with Crippen LogP contribution >= 0.6 is 11.8 Å². The maximum absolute atomic E-state index is 11.8. The summed E-state index contributed by atoms with van der Waals surface area (Å²) in [5.74, 6) is 0.793. The first-order chi connectivity index (χ1) is 14.2. The number of para-hydroxylation sites is 2. The molecule has 0 aliphatic carbocycles. The molecule has 4 rings (SSSR count). The summed E-state index contributed by atoms with van der Waals surface area (Å²) in [6.07, 6.45) is 1.44. The minimum Gasteiger partial charge on any atom is -0.484 e. The SMILES string of the molecule is Cc1ccc(OCC(=O)N/N=C/c2ccc(Sc3nc4ccccc4[nH]3)o2)cc1. The number of aryl methyl sites for hydroxylation is 1. The van der Waals surface area contributed by atoms with Gasteiger partial charge < -0.3 is 14.1 Å². The third kappa shape index (κ3) is 5.05. The number of ether oxygens (including phenoxy) is 1. The van der Waals surface area contributed by atoms with Crippen molar-refractivity contribution in [3.8, 4) is 5.75 Å². The van der Waals surface area contributed by atoms with Gasteiger partial charge in [0.25, 0.3) is 5.91 Å². The molecule has 2 heterocycles. The Bertz CT molecular complexity index is 1120. The summed E-state index contributed by atoms with van der Waals surface area (Å²) in [6, 6.07) is 18.9. The van der Waals surface area contributed by atoms with Crippen LogP contribution in [0.4, 0.5) is 0 Å². The summed E-state index contributed by atoms with van der Waals surface area (Å²) >= 11 is 1.38. The van der Waals surface area contributed by atoms with E-state index in [4.69, 9.17) is 9.15 Å². The molecule has 2 aromatic heterocycles. The van der Waals surface area contributed by atoms with E-state index in [9.17, 15) is 4.79 Å². The van der Waals surface area contributed by atoms with Crippen molar-refractivity contribution in [3.63, 3.8) is 0 Å². The summed E-state index contributed by atoms with van der Waals surface area (Å²) < 4.78 is 11.1. The van der Waals surface area contributed by atoms with Crippen LogP contribution < -0.4 is 10.2 Å². The maximum atomic E-state index is 11.8. The fourth-order valence-corrected chi connectivity index (χ4v) is 3.28. The summed E-state index contributed by atoms with van der Waals surface area (Å²) in [6.45, 7) is 1.87. The Labute approximate surface area is 171 Å². The Balaban J connectivity index is 1.27. The maximum Gasteiger partial charge on any atom is 0.277 e. The van der Waals surface area contributed by atoms with Crippen LogP contribution in [0.15, 0.2) is 80.4 Å². The largest absolute Gasteiger partial charge is 0.484 e. The van der Waals surface area contributed by atoms with Crippen LogP contribution in [0.25, 0.3) is 11.0 Å². The highest BCUT2D eigenvalue weighted by atomic mass is 32.2. The molecule has 0 saturated carbocycles. The fourth-order valence-electron chi connectivity index (χ4n) is 2.52. The fraction of sp³-hybridized carbons (Fsp3) is 0.0952. The lowest BCUT2D eigenvalue weighted by Gasteiger charge is -2.04. The molecule has 29 heavy (non-hydrogen) atoms. The standard InChI is InChI=1S/C21H18N4O3S/c1-14-6-8-15(9-7-14)27-13-19(26)25-22-12-16-10-11-20(28-16)29-21-23-17-4-2-3-5-18(17)24-21/h2-12H,13H2,1H3,(H,23,24)(H,25,26)/b22-12+. The molecule has 4 aromatic rings. The lowest BCUT2D eigenvalue weighted by molar-refractivity contribution is -0.123. The first-order valence-corrected chi connectivity index (χ1v) is 9.71. The number of amides is 1. The predicted molar refractivity (Wildman–Crippen MR) is 111 cm³/mol. The van der Waals surface area contributed by atoms with Gasteiger partial charge in [-0.05, 0) is 55.1 Å². The van der Waals surface area contributed by atoms with Crippen molar-refractivity contribution in [3.05, 3.63) is 72.0 Å². The van der Waals surface area contributed by atoms with Crippen LogP contribution in [0.1, 0.15) is 11.3 Å². The third-order valence-corrected chi connectivity index (χ3v) is 4.75. The highest BCUT2D eigenvalue weighted by molar-refractivity contribution is 7.99. The van der Waals surface area contributed by atoms with Crippen molar-refractivity contribution in [2.24, 2.45) is 5.10 Å². The molecule has 0 unspecified atom stereocenters. The van der Waals surface area contributed by atoms with Gasteiger partial charge in [-0.3, -0.25) is 4.79 Å². The zero-order valence-corrected chi connectivity index (χ0v) is 16.4. The Morgan fingerprint density at radius 2 is 2.03 bits per heavy atom. The lowest BCUT2D eigenvalue weighted by atomic mass is 10.2. The molecule has 146 valence electrons. The molecule has 2 N–H and O–H groups in total. The molecule has 0 saturated heterocycles. The predicted octanol–water partition coefficient (Wildman–Crippen LogP) is 4.14. The Morgan fingerprint density at radius 1 is 1.21 bits per heavy atom. The van der Waals surface area contributed by atoms with Gasteiger partial charge in [-0.1, -0.05) is 29.8 Å². The highest BCUT2D eigenvalue weighted by Crippen LogP contribution is 2.28. The molecule has 0 fully saturated rings. The average molecular weight is 406 g/mol. The van der Waals surface area contributed by atoms with Gasteiger partial charge in [0.05, 0.1) is 17.2 Å². The molecule has 7 nitrogen and oxygen atoms in total. The molecule has 0 bridgehead atoms. The van der Waals surface area contributed by atoms with Crippen LogP contribution in [0.3, 0.4) is 0 Å². The number of nitrogens with one attached hydrogen (secondary N) is 2. The number of nitrogens with zero attached hydrogens (tertiary/aromatic N) is 2. The molecular formula is C21H18N4O3S. The van der Waals surface area contributed by atoms with Crippen molar-refractivity contribution in [1.82, 2.24) is 15.4 Å². The molecule has 1 amide bonds. The Kier molecular flexibility index (Phi) is 5.62. The molecule has 2 aromatic carbocycles. The van der Waals surface area contributed by atoms with Crippen LogP contribution in [0, 0.1) is 6.92 Å². The molecule has 0 radical (unpaired) electrons. The third-order valence-electron chi connectivity index (χ3n) is 3.94. The molecule has 8 heteroatoms. The summed E-state index contributed by atoms with van der Waals surface area (Å²) in [7, 11) is 0. The number of carbonyl (C=O) groups excluding carboxylic acids is 1.